The van der Waals surface area contributed by atoms with Crippen molar-refractivity contribution < 1.29 is 4.79 Å². The minimum atomic E-state index is -0.262. The van der Waals surface area contributed by atoms with Crippen molar-refractivity contribution >= 4 is 40.5 Å². The topological polar surface area (TPSA) is 48.5 Å². The number of rotatable bonds is 3. The Balaban J connectivity index is 1.73. The molecule has 1 amide bonds. The van der Waals surface area contributed by atoms with Crippen molar-refractivity contribution in [3.63, 3.8) is 0 Å². The fourth-order valence-electron chi connectivity index (χ4n) is 2.84. The molecule has 2 aromatic rings. The Morgan fingerprint density at radius 3 is 2.32 bits per heavy atom. The molecule has 5 nitrogen and oxygen atoms in total. The Morgan fingerprint density at radius 2 is 1.72 bits per heavy atom. The van der Waals surface area contributed by atoms with E-state index in [1.165, 1.54) is 17.8 Å². The van der Waals surface area contributed by atoms with Crippen LogP contribution in [-0.2, 0) is 0 Å². The average Bonchev–Trinajstić information content (AvgIpc) is 2.56. The highest BCUT2D eigenvalue weighted by atomic mass is 35.5. The first kappa shape index (κ1) is 18.0. The fraction of sp³-hybridized carbons (Fsp3) is 0.333. The summed E-state index contributed by atoms with van der Waals surface area (Å²) in [5.41, 5.74) is 3.34. The number of nitrogens with one attached hydrogen (secondary N) is 1. The quantitative estimate of drug-likeness (QED) is 0.827. The first-order valence-electron chi connectivity index (χ1n) is 8.11. The summed E-state index contributed by atoms with van der Waals surface area (Å²) in [6, 6.07) is 9.08. The number of pyridine rings is 1. The normalized spacial score (nSPS) is 15.3. The second-order valence-electron chi connectivity index (χ2n) is 6.24. The van der Waals surface area contributed by atoms with Gasteiger partial charge in [-0.15, -0.1) is 0 Å². The van der Waals surface area contributed by atoms with Gasteiger partial charge in [-0.05, 0) is 49.9 Å². The highest BCUT2D eigenvalue weighted by Gasteiger charge is 2.16. The highest BCUT2D eigenvalue weighted by Crippen LogP contribution is 2.24. The van der Waals surface area contributed by atoms with Crippen molar-refractivity contribution in [3.05, 3.63) is 51.8 Å². The zero-order chi connectivity index (χ0) is 18.0. The van der Waals surface area contributed by atoms with Crippen LogP contribution in [0.4, 0.5) is 11.4 Å². The Bertz CT molecular complexity index is 768. The first-order valence-corrected chi connectivity index (χ1v) is 8.86. The lowest BCUT2D eigenvalue weighted by atomic mass is 10.1. The van der Waals surface area contributed by atoms with Crippen LogP contribution in [-0.4, -0.2) is 49.0 Å². The van der Waals surface area contributed by atoms with Crippen molar-refractivity contribution in [3.8, 4) is 0 Å². The number of nitrogens with zero attached hydrogens (tertiary/aromatic N) is 3. The van der Waals surface area contributed by atoms with Crippen LogP contribution in [0.25, 0.3) is 0 Å². The van der Waals surface area contributed by atoms with E-state index in [-0.39, 0.29) is 16.2 Å². The molecule has 1 aliphatic heterocycles. The largest absolute Gasteiger partial charge is 0.369 e. The summed E-state index contributed by atoms with van der Waals surface area (Å²) in [5.74, 6) is -0.262. The number of halogens is 2. The molecule has 1 aliphatic rings. The number of piperazine rings is 1. The van der Waals surface area contributed by atoms with E-state index in [1.807, 2.05) is 19.1 Å². The number of benzene rings is 1. The van der Waals surface area contributed by atoms with Crippen LogP contribution in [0.3, 0.4) is 0 Å². The smallest absolute Gasteiger partial charge is 0.255 e. The number of anilines is 2. The van der Waals surface area contributed by atoms with E-state index < -0.39 is 0 Å². The molecule has 1 aromatic carbocycles. The van der Waals surface area contributed by atoms with Crippen molar-refractivity contribution in [2.75, 3.05) is 43.4 Å². The monoisotopic (exact) mass is 378 g/mol. The number of hydrogen-bond acceptors (Lipinski definition) is 4. The lowest BCUT2D eigenvalue weighted by molar-refractivity contribution is 0.102. The molecule has 0 spiro atoms. The number of aromatic nitrogens is 1. The van der Waals surface area contributed by atoms with E-state index in [1.54, 1.807) is 0 Å². The number of hydrogen-bond donors (Lipinski definition) is 1. The van der Waals surface area contributed by atoms with Crippen molar-refractivity contribution in [1.29, 1.82) is 0 Å². The molecule has 25 heavy (non-hydrogen) atoms. The zero-order valence-corrected chi connectivity index (χ0v) is 15.7. The van der Waals surface area contributed by atoms with E-state index in [0.717, 1.165) is 37.4 Å². The van der Waals surface area contributed by atoms with E-state index in [9.17, 15) is 4.79 Å². The summed E-state index contributed by atoms with van der Waals surface area (Å²) in [6.07, 6.45) is 0. The van der Waals surface area contributed by atoms with E-state index in [2.05, 4.69) is 33.2 Å². The summed E-state index contributed by atoms with van der Waals surface area (Å²) in [7, 11) is 2.14. The summed E-state index contributed by atoms with van der Waals surface area (Å²) in [5, 5.41) is 3.30. The molecular weight excluding hydrogens is 359 g/mol. The van der Waals surface area contributed by atoms with Gasteiger partial charge in [-0.1, -0.05) is 23.2 Å². The first-order chi connectivity index (χ1) is 11.9. The average molecular weight is 379 g/mol. The lowest BCUT2D eigenvalue weighted by Crippen LogP contribution is -2.44. The summed E-state index contributed by atoms with van der Waals surface area (Å²) in [4.78, 5) is 21.0. The molecule has 0 saturated carbocycles. The van der Waals surface area contributed by atoms with Crippen LogP contribution in [0.15, 0.2) is 30.3 Å². The molecule has 0 unspecified atom stereocenters. The van der Waals surface area contributed by atoms with Gasteiger partial charge in [0.05, 0.1) is 0 Å². The molecule has 1 fully saturated rings. The number of amides is 1. The van der Waals surface area contributed by atoms with Crippen molar-refractivity contribution in [2.24, 2.45) is 0 Å². The van der Waals surface area contributed by atoms with Gasteiger partial charge in [-0.25, -0.2) is 4.98 Å². The highest BCUT2D eigenvalue weighted by molar-refractivity contribution is 6.33. The van der Waals surface area contributed by atoms with Gasteiger partial charge in [0.25, 0.3) is 5.91 Å². The standard InChI is InChI=1S/C18H20Cl2N4O/c1-12-9-14(24-7-5-23(2)6-8-24)3-4-15(12)21-18(25)13-10-16(19)22-17(20)11-13/h3-4,9-11H,5-8H2,1-2H3,(H,21,25). The Kier molecular flexibility index (Phi) is 5.47. The Labute approximate surface area is 157 Å². The Hall–Kier alpha value is -1.82. The van der Waals surface area contributed by atoms with Crippen LogP contribution in [0.1, 0.15) is 15.9 Å². The summed E-state index contributed by atoms with van der Waals surface area (Å²) < 4.78 is 0. The van der Waals surface area contributed by atoms with Crippen LogP contribution >= 0.6 is 23.2 Å². The van der Waals surface area contributed by atoms with Crippen LogP contribution < -0.4 is 10.2 Å². The fourth-order valence-corrected chi connectivity index (χ4v) is 3.30. The summed E-state index contributed by atoms with van der Waals surface area (Å²) >= 11 is 11.7. The third-order valence-electron chi connectivity index (χ3n) is 4.35. The third-order valence-corrected chi connectivity index (χ3v) is 4.74. The van der Waals surface area contributed by atoms with Gasteiger partial charge in [0.1, 0.15) is 10.3 Å². The SMILES string of the molecule is Cc1cc(N2CCN(C)CC2)ccc1NC(=O)c1cc(Cl)nc(Cl)c1. The molecular formula is C18H20Cl2N4O. The van der Waals surface area contributed by atoms with Gasteiger partial charge >= 0.3 is 0 Å². The lowest BCUT2D eigenvalue weighted by Gasteiger charge is -2.34. The number of carbonyl (C=O) groups is 1. The maximum atomic E-state index is 12.4. The van der Waals surface area contributed by atoms with Crippen LogP contribution in [0.5, 0.6) is 0 Å². The molecule has 1 saturated heterocycles. The van der Waals surface area contributed by atoms with Gasteiger partial charge in [0, 0.05) is 43.1 Å². The maximum Gasteiger partial charge on any atom is 0.255 e. The molecule has 0 atom stereocenters. The minimum Gasteiger partial charge on any atom is -0.369 e. The molecule has 0 bridgehead atoms. The van der Waals surface area contributed by atoms with Gasteiger partial charge in [0.2, 0.25) is 0 Å². The van der Waals surface area contributed by atoms with Gasteiger partial charge in [-0.3, -0.25) is 4.79 Å². The second-order valence-corrected chi connectivity index (χ2v) is 7.02. The van der Waals surface area contributed by atoms with Gasteiger partial charge in [0.15, 0.2) is 0 Å². The van der Waals surface area contributed by atoms with E-state index in [0.29, 0.717) is 5.56 Å². The van der Waals surface area contributed by atoms with E-state index in [4.69, 9.17) is 23.2 Å². The molecule has 3 rings (SSSR count). The predicted molar refractivity (Wildman–Crippen MR) is 103 cm³/mol. The van der Waals surface area contributed by atoms with Crippen LogP contribution in [0, 0.1) is 6.92 Å². The zero-order valence-electron chi connectivity index (χ0n) is 14.2. The van der Waals surface area contributed by atoms with Crippen molar-refractivity contribution in [1.82, 2.24) is 9.88 Å². The summed E-state index contributed by atoms with van der Waals surface area (Å²) in [6.45, 7) is 6.12. The molecule has 0 radical (unpaired) electrons. The molecule has 132 valence electrons. The minimum absolute atomic E-state index is 0.194. The second kappa shape index (κ2) is 7.60. The molecule has 7 heteroatoms. The molecule has 0 aliphatic carbocycles. The van der Waals surface area contributed by atoms with Crippen molar-refractivity contribution in [2.45, 2.75) is 6.92 Å². The van der Waals surface area contributed by atoms with E-state index >= 15 is 0 Å². The number of carbonyl (C=O) groups excluding carboxylic acids is 1. The predicted octanol–water partition coefficient (Wildman–Crippen LogP) is 3.70. The number of aryl methyl sites for hydroxylation is 1. The maximum absolute atomic E-state index is 12.4. The van der Waals surface area contributed by atoms with Gasteiger partial charge < -0.3 is 15.1 Å². The third kappa shape index (κ3) is 4.42. The molecule has 1 aromatic heterocycles. The Morgan fingerprint density at radius 1 is 1.08 bits per heavy atom. The molecule has 1 N–H and O–H groups in total. The number of likely N-dealkylation sites (N-methyl/N-ethyl adjacent to an activating group) is 1. The van der Waals surface area contributed by atoms with Gasteiger partial charge in [-0.2, -0.15) is 0 Å². The van der Waals surface area contributed by atoms with Crippen LogP contribution in [0.2, 0.25) is 10.3 Å². The molecule has 2 heterocycles.